The Hall–Kier alpha value is -4.29. The van der Waals surface area contributed by atoms with Crippen molar-refractivity contribution in [2.24, 2.45) is 5.92 Å². The van der Waals surface area contributed by atoms with Crippen molar-refractivity contribution in [3.8, 4) is 11.4 Å². The molecule has 13 heteroatoms. The largest absolute Gasteiger partial charge is 0.392 e. The van der Waals surface area contributed by atoms with Gasteiger partial charge in [0.05, 0.1) is 19.0 Å². The molecule has 1 unspecified atom stereocenters. The van der Waals surface area contributed by atoms with Gasteiger partial charge in [0.15, 0.2) is 11.6 Å². The average Bonchev–Trinajstić information content (AvgIpc) is 3.53. The maximum absolute atomic E-state index is 13.0. The smallest absolute Gasteiger partial charge is 0.378 e. The highest BCUT2D eigenvalue weighted by Gasteiger charge is 2.42. The van der Waals surface area contributed by atoms with Crippen LogP contribution in [0.4, 0.5) is 18.9 Å². The van der Waals surface area contributed by atoms with Gasteiger partial charge in [-0.1, -0.05) is 6.07 Å². The van der Waals surface area contributed by atoms with E-state index in [4.69, 9.17) is 0 Å². The topological polar surface area (TPSA) is 126 Å². The Morgan fingerprint density at radius 1 is 1.08 bits per heavy atom. The van der Waals surface area contributed by atoms with Gasteiger partial charge < -0.3 is 20.2 Å². The molecular formula is C23H22F3N9O. The predicted octanol–water partition coefficient (Wildman–Crippen LogP) is 3.13. The second kappa shape index (κ2) is 9.76. The maximum atomic E-state index is 13.0. The molecule has 1 atom stereocenters. The minimum absolute atomic E-state index is 0.0293. The first kappa shape index (κ1) is 23.5. The Balaban J connectivity index is 1.17. The number of H-pyrrole nitrogens is 1. The summed E-state index contributed by atoms with van der Waals surface area (Å²) in [6.07, 6.45) is -1.13. The zero-order valence-electron chi connectivity index (χ0n) is 19.0. The number of carbonyl (C=O) groups is 1. The van der Waals surface area contributed by atoms with Crippen molar-refractivity contribution >= 4 is 11.6 Å². The van der Waals surface area contributed by atoms with E-state index in [0.717, 1.165) is 5.56 Å². The van der Waals surface area contributed by atoms with Crippen LogP contribution in [-0.2, 0) is 26.1 Å². The number of nitrogens with one attached hydrogen (secondary N) is 3. The van der Waals surface area contributed by atoms with Gasteiger partial charge in [-0.2, -0.15) is 13.2 Å². The number of alkyl halides is 3. The van der Waals surface area contributed by atoms with E-state index in [2.05, 4.69) is 41.0 Å². The molecule has 0 bridgehead atoms. The normalized spacial score (nSPS) is 15.4. The number of anilines is 1. The Morgan fingerprint density at radius 2 is 1.92 bits per heavy atom. The van der Waals surface area contributed by atoms with Crippen LogP contribution < -0.4 is 10.6 Å². The van der Waals surface area contributed by atoms with Crippen molar-refractivity contribution in [1.82, 2.24) is 40.2 Å². The van der Waals surface area contributed by atoms with E-state index in [9.17, 15) is 18.0 Å². The molecule has 36 heavy (non-hydrogen) atoms. The minimum atomic E-state index is -4.25. The van der Waals surface area contributed by atoms with E-state index in [1.807, 2.05) is 18.2 Å². The van der Waals surface area contributed by atoms with E-state index in [0.29, 0.717) is 41.1 Å². The number of rotatable bonds is 7. The molecule has 0 fully saturated rings. The zero-order valence-corrected chi connectivity index (χ0v) is 19.0. The molecule has 1 aliphatic rings. The predicted molar refractivity (Wildman–Crippen MR) is 122 cm³/mol. The quantitative estimate of drug-likeness (QED) is 0.358. The number of pyridine rings is 1. The standard InChI is InChI=1S/C23H22F3N9O/c24-23(25,26)16-6-9-35-19(11-16)32-33-20(35)13-29-22(36)15-2-1-3-17(10-15)28-12-18-30-21(34-31-18)14-4-7-27-8-5-14/h1-5,7-8,10,16,28H,6,9,11-13H2,(H,29,36)(H,30,31,34). The van der Waals surface area contributed by atoms with Crippen molar-refractivity contribution in [2.75, 3.05) is 5.32 Å². The van der Waals surface area contributed by atoms with Crippen LogP contribution in [0.2, 0.25) is 0 Å². The van der Waals surface area contributed by atoms with Crippen molar-refractivity contribution < 1.29 is 18.0 Å². The van der Waals surface area contributed by atoms with E-state index >= 15 is 0 Å². The molecule has 5 rings (SSSR count). The van der Waals surface area contributed by atoms with Gasteiger partial charge in [-0.05, 0) is 36.8 Å². The summed E-state index contributed by atoms with van der Waals surface area (Å²) in [5.41, 5.74) is 2.00. The zero-order chi connectivity index (χ0) is 25.1. The van der Waals surface area contributed by atoms with Gasteiger partial charge in [-0.15, -0.1) is 20.4 Å². The first-order chi connectivity index (χ1) is 17.4. The van der Waals surface area contributed by atoms with Gasteiger partial charge >= 0.3 is 6.18 Å². The van der Waals surface area contributed by atoms with Gasteiger partial charge in [-0.3, -0.25) is 9.78 Å². The first-order valence-corrected chi connectivity index (χ1v) is 11.3. The number of nitrogens with zero attached hydrogens (tertiary/aromatic N) is 6. The molecule has 0 aliphatic carbocycles. The lowest BCUT2D eigenvalue weighted by Gasteiger charge is -2.25. The molecule has 1 amide bonds. The molecule has 1 aliphatic heterocycles. The number of halogens is 3. The summed E-state index contributed by atoms with van der Waals surface area (Å²) in [6, 6.07) is 10.6. The fourth-order valence-electron chi connectivity index (χ4n) is 4.03. The van der Waals surface area contributed by atoms with Crippen LogP contribution in [0, 0.1) is 5.92 Å². The number of amides is 1. The summed E-state index contributed by atoms with van der Waals surface area (Å²) in [6.45, 7) is 0.603. The molecule has 1 aromatic carbocycles. The van der Waals surface area contributed by atoms with Crippen LogP contribution in [0.15, 0.2) is 48.8 Å². The van der Waals surface area contributed by atoms with Crippen molar-refractivity contribution in [1.29, 1.82) is 0 Å². The Kier molecular flexibility index (Phi) is 6.36. The van der Waals surface area contributed by atoms with Gasteiger partial charge in [0.2, 0.25) is 0 Å². The monoisotopic (exact) mass is 497 g/mol. The molecule has 186 valence electrons. The van der Waals surface area contributed by atoms with Crippen molar-refractivity contribution in [3.63, 3.8) is 0 Å². The second-order valence-corrected chi connectivity index (χ2v) is 8.39. The third kappa shape index (κ3) is 5.19. The molecule has 3 aromatic heterocycles. The van der Waals surface area contributed by atoms with Gasteiger partial charge in [-0.25, -0.2) is 0 Å². The third-order valence-electron chi connectivity index (χ3n) is 5.98. The lowest BCUT2D eigenvalue weighted by Crippen LogP contribution is -2.32. The summed E-state index contributed by atoms with van der Waals surface area (Å²) < 4.78 is 40.7. The number of hydrogen-bond acceptors (Lipinski definition) is 7. The number of fused-ring (bicyclic) bond motifs is 1. The highest BCUT2D eigenvalue weighted by atomic mass is 19.4. The lowest BCUT2D eigenvalue weighted by atomic mass is 9.97. The van der Waals surface area contributed by atoms with Gasteiger partial charge in [0.25, 0.3) is 5.91 Å². The molecule has 0 spiro atoms. The third-order valence-corrected chi connectivity index (χ3v) is 5.98. The highest BCUT2D eigenvalue weighted by molar-refractivity contribution is 5.95. The first-order valence-electron chi connectivity index (χ1n) is 11.3. The Labute approximate surface area is 203 Å². The molecule has 0 saturated heterocycles. The van der Waals surface area contributed by atoms with Crippen LogP contribution in [-0.4, -0.2) is 47.0 Å². The van der Waals surface area contributed by atoms with Crippen LogP contribution >= 0.6 is 0 Å². The van der Waals surface area contributed by atoms with Crippen LogP contribution in [0.5, 0.6) is 0 Å². The van der Waals surface area contributed by atoms with E-state index in [1.165, 1.54) is 0 Å². The van der Waals surface area contributed by atoms with Gasteiger partial charge in [0, 0.05) is 42.2 Å². The Bertz CT molecular complexity index is 1350. The van der Waals surface area contributed by atoms with Crippen LogP contribution in [0.3, 0.4) is 0 Å². The molecule has 4 aromatic rings. The number of hydrogen-bond donors (Lipinski definition) is 3. The average molecular weight is 497 g/mol. The number of carbonyl (C=O) groups excluding carboxylic acids is 1. The Morgan fingerprint density at radius 3 is 2.72 bits per heavy atom. The fourth-order valence-corrected chi connectivity index (χ4v) is 4.03. The minimum Gasteiger partial charge on any atom is -0.378 e. The number of aromatic amines is 1. The molecule has 0 radical (unpaired) electrons. The molecule has 10 nitrogen and oxygen atoms in total. The van der Waals surface area contributed by atoms with E-state index < -0.39 is 12.1 Å². The molecule has 0 saturated carbocycles. The summed E-state index contributed by atoms with van der Waals surface area (Å²) in [5.74, 6) is 0.237. The van der Waals surface area contributed by atoms with Crippen molar-refractivity contribution in [2.45, 2.75) is 38.7 Å². The second-order valence-electron chi connectivity index (χ2n) is 8.39. The van der Waals surface area contributed by atoms with E-state index in [1.54, 1.807) is 35.2 Å². The van der Waals surface area contributed by atoms with Crippen LogP contribution in [0.1, 0.15) is 34.3 Å². The van der Waals surface area contributed by atoms with E-state index in [-0.39, 0.29) is 31.8 Å². The molecule has 4 heterocycles. The van der Waals surface area contributed by atoms with Crippen LogP contribution in [0.25, 0.3) is 11.4 Å². The lowest BCUT2D eigenvalue weighted by molar-refractivity contribution is -0.179. The summed E-state index contributed by atoms with van der Waals surface area (Å²) in [5, 5.41) is 22.1. The summed E-state index contributed by atoms with van der Waals surface area (Å²) in [7, 11) is 0. The fraction of sp³-hybridized carbons (Fsp3) is 0.304. The van der Waals surface area contributed by atoms with Crippen molar-refractivity contribution in [3.05, 3.63) is 71.8 Å². The molecule has 3 N–H and O–H groups in total. The van der Waals surface area contributed by atoms with Gasteiger partial charge in [0.1, 0.15) is 11.6 Å². The SMILES string of the molecule is O=C(NCc1nnc2n1CCC(C(F)(F)F)C2)c1cccc(NCc2nnc(-c3ccncc3)[nH]2)c1. The number of aromatic nitrogens is 7. The summed E-state index contributed by atoms with van der Waals surface area (Å²) in [4.78, 5) is 19.8. The maximum Gasteiger partial charge on any atom is 0.392 e. The highest BCUT2D eigenvalue weighted by Crippen LogP contribution is 2.34. The summed E-state index contributed by atoms with van der Waals surface area (Å²) >= 11 is 0. The molecular weight excluding hydrogens is 475 g/mol. The number of benzene rings is 1.